The molecule has 1 aliphatic rings. The Morgan fingerprint density at radius 1 is 1.19 bits per heavy atom. The first-order valence-corrected chi connectivity index (χ1v) is 7.67. The van der Waals surface area contributed by atoms with Gasteiger partial charge in [-0.15, -0.1) is 0 Å². The van der Waals surface area contributed by atoms with Crippen LogP contribution in [0, 0.1) is 6.92 Å². The lowest BCUT2D eigenvalue weighted by Gasteiger charge is -2.10. The number of hydrogen-bond donors (Lipinski definition) is 1. The van der Waals surface area contributed by atoms with Gasteiger partial charge in [-0.3, -0.25) is 4.79 Å². The summed E-state index contributed by atoms with van der Waals surface area (Å²) in [4.78, 5) is 12.2. The number of carbonyl (C=O) groups is 1. The van der Waals surface area contributed by atoms with Crippen LogP contribution in [-0.4, -0.2) is 5.91 Å². The average molecular weight is 300 g/mol. The summed E-state index contributed by atoms with van der Waals surface area (Å²) in [5.41, 5.74) is 5.60. The van der Waals surface area contributed by atoms with Crippen molar-refractivity contribution in [3.63, 3.8) is 0 Å². The molecule has 0 saturated heterocycles. The van der Waals surface area contributed by atoms with Crippen LogP contribution < -0.4 is 5.32 Å². The zero-order chi connectivity index (χ0) is 14.8. The highest BCUT2D eigenvalue weighted by Gasteiger charge is 2.13. The third-order valence-corrected chi connectivity index (χ3v) is 4.48. The summed E-state index contributed by atoms with van der Waals surface area (Å²) in [7, 11) is 0. The van der Waals surface area contributed by atoms with E-state index in [9.17, 15) is 4.79 Å². The number of nitrogens with one attached hydrogen (secondary N) is 1. The van der Waals surface area contributed by atoms with E-state index < -0.39 is 0 Å². The second-order valence-corrected chi connectivity index (χ2v) is 6.00. The molecule has 0 aromatic heterocycles. The first-order chi connectivity index (χ1) is 10.1. The summed E-state index contributed by atoms with van der Waals surface area (Å²) in [6.07, 6.45) is 3.94. The molecule has 3 rings (SSSR count). The molecule has 0 spiro atoms. The molecule has 1 aliphatic carbocycles. The van der Waals surface area contributed by atoms with Crippen molar-refractivity contribution in [3.05, 3.63) is 63.7 Å². The number of fused-ring (bicyclic) bond motifs is 1. The molecule has 1 amide bonds. The molecule has 0 heterocycles. The van der Waals surface area contributed by atoms with Crippen LogP contribution in [0.25, 0.3) is 0 Å². The molecule has 0 radical (unpaired) electrons. The van der Waals surface area contributed by atoms with E-state index in [4.69, 9.17) is 11.6 Å². The van der Waals surface area contributed by atoms with Gasteiger partial charge in [0.25, 0.3) is 0 Å². The standard InChI is InChI=1S/C18H18ClNO/c1-12-16(19)6-3-7-17(12)20-18(21)11-13-8-9-14-4-2-5-15(14)10-13/h3,6-10H,2,4-5,11H2,1H3,(H,20,21). The summed E-state index contributed by atoms with van der Waals surface area (Å²) in [6.45, 7) is 1.91. The Morgan fingerprint density at radius 3 is 2.86 bits per heavy atom. The number of rotatable bonds is 3. The Morgan fingerprint density at radius 2 is 2.00 bits per heavy atom. The zero-order valence-electron chi connectivity index (χ0n) is 12.1. The summed E-state index contributed by atoms with van der Waals surface area (Å²) in [5.74, 6) is -0.00156. The van der Waals surface area contributed by atoms with Crippen molar-refractivity contribution in [3.8, 4) is 0 Å². The molecule has 21 heavy (non-hydrogen) atoms. The molecule has 2 aromatic carbocycles. The first-order valence-electron chi connectivity index (χ1n) is 7.29. The lowest BCUT2D eigenvalue weighted by atomic mass is 10.0. The second-order valence-electron chi connectivity index (χ2n) is 5.59. The van der Waals surface area contributed by atoms with Gasteiger partial charge in [0, 0.05) is 10.7 Å². The second kappa shape index (κ2) is 5.90. The lowest BCUT2D eigenvalue weighted by Crippen LogP contribution is -2.15. The van der Waals surface area contributed by atoms with Gasteiger partial charge in [-0.2, -0.15) is 0 Å². The van der Waals surface area contributed by atoms with Crippen LogP contribution in [0.1, 0.15) is 28.7 Å². The number of aryl methyl sites for hydroxylation is 2. The molecule has 108 valence electrons. The third kappa shape index (κ3) is 3.11. The van der Waals surface area contributed by atoms with E-state index in [0.717, 1.165) is 23.2 Å². The molecule has 0 unspecified atom stereocenters. The zero-order valence-corrected chi connectivity index (χ0v) is 12.8. The molecule has 3 heteroatoms. The van der Waals surface area contributed by atoms with E-state index in [0.29, 0.717) is 11.4 Å². The molecule has 0 saturated carbocycles. The van der Waals surface area contributed by atoms with Gasteiger partial charge < -0.3 is 5.32 Å². The van der Waals surface area contributed by atoms with Gasteiger partial charge in [-0.05, 0) is 60.6 Å². The first kappa shape index (κ1) is 14.2. The predicted octanol–water partition coefficient (Wildman–Crippen LogP) is 4.32. The third-order valence-electron chi connectivity index (χ3n) is 4.07. The van der Waals surface area contributed by atoms with Crippen molar-refractivity contribution in [2.45, 2.75) is 32.6 Å². The maximum atomic E-state index is 12.2. The maximum absolute atomic E-state index is 12.2. The van der Waals surface area contributed by atoms with E-state index in [1.54, 1.807) is 0 Å². The van der Waals surface area contributed by atoms with Crippen LogP contribution in [0.3, 0.4) is 0 Å². The van der Waals surface area contributed by atoms with Crippen molar-refractivity contribution < 1.29 is 4.79 Å². The van der Waals surface area contributed by atoms with E-state index in [2.05, 4.69) is 23.5 Å². The molecule has 0 bridgehead atoms. The normalized spacial score (nSPS) is 13.0. The van der Waals surface area contributed by atoms with Crippen molar-refractivity contribution in [2.75, 3.05) is 5.32 Å². The summed E-state index contributed by atoms with van der Waals surface area (Å²) in [5, 5.41) is 3.62. The Kier molecular flexibility index (Phi) is 3.98. The van der Waals surface area contributed by atoms with Crippen LogP contribution in [-0.2, 0) is 24.1 Å². The van der Waals surface area contributed by atoms with Crippen LogP contribution in [0.2, 0.25) is 5.02 Å². The molecule has 0 atom stereocenters. The number of benzene rings is 2. The fourth-order valence-corrected chi connectivity index (χ4v) is 3.03. The SMILES string of the molecule is Cc1c(Cl)cccc1NC(=O)Cc1ccc2c(c1)CCC2. The molecule has 2 aromatic rings. The Bertz CT molecular complexity index is 694. The topological polar surface area (TPSA) is 29.1 Å². The van der Waals surface area contributed by atoms with Crippen LogP contribution in [0.4, 0.5) is 5.69 Å². The maximum Gasteiger partial charge on any atom is 0.228 e. The number of hydrogen-bond acceptors (Lipinski definition) is 1. The highest BCUT2D eigenvalue weighted by atomic mass is 35.5. The average Bonchev–Trinajstić information content (AvgIpc) is 2.91. The van der Waals surface area contributed by atoms with Crippen LogP contribution >= 0.6 is 11.6 Å². The van der Waals surface area contributed by atoms with Gasteiger partial charge in [0.05, 0.1) is 6.42 Å². The van der Waals surface area contributed by atoms with Crippen LogP contribution in [0.15, 0.2) is 36.4 Å². The number of amides is 1. The smallest absolute Gasteiger partial charge is 0.228 e. The number of anilines is 1. The van der Waals surface area contributed by atoms with Gasteiger partial charge in [0.15, 0.2) is 0 Å². The van der Waals surface area contributed by atoms with E-state index >= 15 is 0 Å². The highest BCUT2D eigenvalue weighted by Crippen LogP contribution is 2.24. The quantitative estimate of drug-likeness (QED) is 0.898. The highest BCUT2D eigenvalue weighted by molar-refractivity contribution is 6.31. The fraction of sp³-hybridized carbons (Fsp3) is 0.278. The molecular weight excluding hydrogens is 282 g/mol. The van der Waals surface area contributed by atoms with Gasteiger partial charge in [0.2, 0.25) is 5.91 Å². The summed E-state index contributed by atoms with van der Waals surface area (Å²) >= 11 is 6.07. The summed E-state index contributed by atoms with van der Waals surface area (Å²) < 4.78 is 0. The minimum atomic E-state index is -0.00156. The van der Waals surface area contributed by atoms with Gasteiger partial charge >= 0.3 is 0 Å². The minimum Gasteiger partial charge on any atom is -0.326 e. The van der Waals surface area contributed by atoms with Gasteiger partial charge in [-0.25, -0.2) is 0 Å². The Balaban J connectivity index is 1.70. The molecule has 0 aliphatic heterocycles. The monoisotopic (exact) mass is 299 g/mol. The summed E-state index contributed by atoms with van der Waals surface area (Å²) in [6, 6.07) is 12.0. The van der Waals surface area contributed by atoms with Gasteiger partial charge in [0.1, 0.15) is 0 Å². The van der Waals surface area contributed by atoms with Crippen molar-refractivity contribution in [1.82, 2.24) is 0 Å². The Hall–Kier alpha value is -1.80. The number of halogens is 1. The predicted molar refractivity (Wildman–Crippen MR) is 87.0 cm³/mol. The van der Waals surface area contributed by atoms with Crippen molar-refractivity contribution >= 4 is 23.2 Å². The molecule has 0 fully saturated rings. The van der Waals surface area contributed by atoms with Crippen molar-refractivity contribution in [2.24, 2.45) is 0 Å². The largest absolute Gasteiger partial charge is 0.326 e. The van der Waals surface area contributed by atoms with Crippen molar-refractivity contribution in [1.29, 1.82) is 0 Å². The van der Waals surface area contributed by atoms with Crippen LogP contribution in [0.5, 0.6) is 0 Å². The Labute approximate surface area is 130 Å². The molecular formula is C18H18ClNO. The minimum absolute atomic E-state index is 0.00156. The van der Waals surface area contributed by atoms with E-state index in [1.165, 1.54) is 24.0 Å². The number of carbonyl (C=O) groups excluding carboxylic acids is 1. The van der Waals surface area contributed by atoms with E-state index in [-0.39, 0.29) is 5.91 Å². The molecule has 1 N–H and O–H groups in total. The lowest BCUT2D eigenvalue weighted by molar-refractivity contribution is -0.115. The van der Waals surface area contributed by atoms with Gasteiger partial charge in [-0.1, -0.05) is 35.9 Å². The fourth-order valence-electron chi connectivity index (χ4n) is 2.86. The molecule has 2 nitrogen and oxygen atoms in total. The van der Waals surface area contributed by atoms with E-state index in [1.807, 2.05) is 25.1 Å².